The summed E-state index contributed by atoms with van der Waals surface area (Å²) in [5, 5.41) is 16.2. The number of benzene rings is 2. The second kappa shape index (κ2) is 8.13. The van der Waals surface area contributed by atoms with Gasteiger partial charge in [0.05, 0.1) is 10.6 Å². The Labute approximate surface area is 178 Å². The summed E-state index contributed by atoms with van der Waals surface area (Å²) in [5.41, 5.74) is 2.07. The van der Waals surface area contributed by atoms with Crippen LogP contribution in [0.3, 0.4) is 0 Å². The van der Waals surface area contributed by atoms with Crippen LogP contribution in [-0.2, 0) is 10.0 Å². The monoisotopic (exact) mass is 440 g/mol. The standard InChI is InChI=1S/C20H17ClN6O2S/c1-14-12-13-27(25-14)20-11-10-19(23-24-20)22-16-4-6-17(7-5-16)26-30(28,29)18-8-2-15(21)3-9-18/h2-13,26H,1H3,(H,22,23). The van der Waals surface area contributed by atoms with E-state index in [1.165, 1.54) is 24.3 Å². The fraction of sp³-hybridized carbons (Fsp3) is 0.0500. The number of aromatic nitrogens is 4. The number of sulfonamides is 1. The zero-order chi connectivity index (χ0) is 21.1. The zero-order valence-electron chi connectivity index (χ0n) is 15.8. The van der Waals surface area contributed by atoms with E-state index >= 15 is 0 Å². The van der Waals surface area contributed by atoms with Crippen LogP contribution in [0.4, 0.5) is 17.2 Å². The zero-order valence-corrected chi connectivity index (χ0v) is 17.4. The quantitative estimate of drug-likeness (QED) is 0.466. The van der Waals surface area contributed by atoms with Crippen LogP contribution < -0.4 is 10.0 Å². The van der Waals surface area contributed by atoms with Crippen molar-refractivity contribution in [2.24, 2.45) is 0 Å². The summed E-state index contributed by atoms with van der Waals surface area (Å²) in [6.07, 6.45) is 1.82. The van der Waals surface area contributed by atoms with E-state index < -0.39 is 10.0 Å². The minimum atomic E-state index is -3.69. The first-order valence-corrected chi connectivity index (χ1v) is 10.8. The molecule has 30 heavy (non-hydrogen) atoms. The fourth-order valence-electron chi connectivity index (χ4n) is 2.65. The third kappa shape index (κ3) is 4.58. The van der Waals surface area contributed by atoms with Crippen molar-refractivity contribution < 1.29 is 8.42 Å². The Hall–Kier alpha value is -3.43. The first kappa shape index (κ1) is 19.9. The lowest BCUT2D eigenvalue weighted by atomic mass is 10.3. The van der Waals surface area contributed by atoms with Crippen LogP contribution in [-0.4, -0.2) is 28.4 Å². The summed E-state index contributed by atoms with van der Waals surface area (Å²) < 4.78 is 29.1. The van der Waals surface area contributed by atoms with Gasteiger partial charge in [-0.2, -0.15) is 5.10 Å². The molecule has 0 saturated heterocycles. The molecular formula is C20H17ClN6O2S. The van der Waals surface area contributed by atoms with Crippen LogP contribution in [0.2, 0.25) is 5.02 Å². The van der Waals surface area contributed by atoms with Crippen molar-refractivity contribution in [2.45, 2.75) is 11.8 Å². The van der Waals surface area contributed by atoms with Gasteiger partial charge in [0.1, 0.15) is 0 Å². The Balaban J connectivity index is 1.43. The smallest absolute Gasteiger partial charge is 0.261 e. The van der Waals surface area contributed by atoms with Crippen LogP contribution in [0.1, 0.15) is 5.69 Å². The maximum Gasteiger partial charge on any atom is 0.261 e. The van der Waals surface area contributed by atoms with Gasteiger partial charge < -0.3 is 5.32 Å². The molecule has 2 heterocycles. The number of nitrogens with one attached hydrogen (secondary N) is 2. The predicted octanol–water partition coefficient (Wildman–Crippen LogP) is 4.17. The summed E-state index contributed by atoms with van der Waals surface area (Å²) in [6.45, 7) is 1.90. The number of hydrogen-bond donors (Lipinski definition) is 2. The van der Waals surface area contributed by atoms with E-state index in [1.807, 2.05) is 19.2 Å². The van der Waals surface area contributed by atoms with Crippen molar-refractivity contribution in [3.8, 4) is 5.82 Å². The molecule has 0 unspecified atom stereocenters. The topological polar surface area (TPSA) is 102 Å². The van der Waals surface area contributed by atoms with Gasteiger partial charge >= 0.3 is 0 Å². The van der Waals surface area contributed by atoms with Gasteiger partial charge in [0.2, 0.25) is 0 Å². The van der Waals surface area contributed by atoms with E-state index in [4.69, 9.17) is 11.6 Å². The largest absolute Gasteiger partial charge is 0.339 e. The Kier molecular flexibility index (Phi) is 5.39. The molecule has 2 aromatic carbocycles. The normalized spacial score (nSPS) is 11.3. The number of halogens is 1. The van der Waals surface area contributed by atoms with Crippen molar-refractivity contribution in [1.29, 1.82) is 0 Å². The first-order chi connectivity index (χ1) is 14.4. The van der Waals surface area contributed by atoms with E-state index in [0.29, 0.717) is 22.3 Å². The lowest BCUT2D eigenvalue weighted by Gasteiger charge is -2.10. The average molecular weight is 441 g/mol. The van der Waals surface area contributed by atoms with Crippen LogP contribution >= 0.6 is 11.6 Å². The van der Waals surface area contributed by atoms with Gasteiger partial charge in [-0.1, -0.05) is 11.6 Å². The third-order valence-corrected chi connectivity index (χ3v) is 5.79. The molecule has 152 valence electrons. The number of anilines is 3. The molecule has 2 N–H and O–H groups in total. The second-order valence-corrected chi connectivity index (χ2v) is 8.56. The fourth-order valence-corrected chi connectivity index (χ4v) is 3.84. The molecule has 4 aromatic rings. The van der Waals surface area contributed by atoms with E-state index in [1.54, 1.807) is 41.1 Å². The second-order valence-electron chi connectivity index (χ2n) is 6.44. The molecule has 4 rings (SSSR count). The highest BCUT2D eigenvalue weighted by Crippen LogP contribution is 2.21. The van der Waals surface area contributed by atoms with Gasteiger partial charge in [0.25, 0.3) is 10.0 Å². The van der Waals surface area contributed by atoms with Crippen LogP contribution in [0.5, 0.6) is 0 Å². The summed E-state index contributed by atoms with van der Waals surface area (Å²) >= 11 is 5.81. The lowest BCUT2D eigenvalue weighted by molar-refractivity contribution is 0.601. The van der Waals surface area contributed by atoms with E-state index in [-0.39, 0.29) is 4.90 Å². The van der Waals surface area contributed by atoms with Crippen molar-refractivity contribution >= 4 is 38.8 Å². The van der Waals surface area contributed by atoms with Gasteiger partial charge in [-0.15, -0.1) is 10.2 Å². The highest BCUT2D eigenvalue weighted by atomic mass is 35.5. The highest BCUT2D eigenvalue weighted by molar-refractivity contribution is 7.92. The maximum absolute atomic E-state index is 12.4. The molecule has 0 aliphatic rings. The lowest BCUT2D eigenvalue weighted by Crippen LogP contribution is -2.12. The molecule has 0 saturated carbocycles. The van der Waals surface area contributed by atoms with Crippen molar-refractivity contribution in [2.75, 3.05) is 10.0 Å². The van der Waals surface area contributed by atoms with Crippen LogP contribution in [0, 0.1) is 6.92 Å². The van der Waals surface area contributed by atoms with E-state index in [2.05, 4.69) is 25.3 Å². The summed E-state index contributed by atoms with van der Waals surface area (Å²) in [7, 11) is -3.69. The third-order valence-electron chi connectivity index (χ3n) is 4.14. The number of hydrogen-bond acceptors (Lipinski definition) is 6. The molecule has 0 atom stereocenters. The summed E-state index contributed by atoms with van der Waals surface area (Å²) in [5.74, 6) is 1.16. The predicted molar refractivity (Wildman–Crippen MR) is 116 cm³/mol. The minimum Gasteiger partial charge on any atom is -0.339 e. The van der Waals surface area contributed by atoms with Gasteiger partial charge in [0.15, 0.2) is 11.6 Å². The molecule has 0 aliphatic heterocycles. The van der Waals surface area contributed by atoms with Crippen molar-refractivity contribution in [3.05, 3.63) is 83.6 Å². The van der Waals surface area contributed by atoms with Crippen molar-refractivity contribution in [3.63, 3.8) is 0 Å². The van der Waals surface area contributed by atoms with E-state index in [0.717, 1.165) is 11.4 Å². The summed E-state index contributed by atoms with van der Waals surface area (Å²) in [6, 6.07) is 18.2. The molecular weight excluding hydrogens is 424 g/mol. The molecule has 0 radical (unpaired) electrons. The van der Waals surface area contributed by atoms with Gasteiger partial charge in [-0.05, 0) is 73.7 Å². The average Bonchev–Trinajstić information content (AvgIpc) is 3.16. The Morgan fingerprint density at radius 2 is 1.57 bits per heavy atom. The number of nitrogens with zero attached hydrogens (tertiary/aromatic N) is 4. The van der Waals surface area contributed by atoms with Crippen LogP contribution in [0.25, 0.3) is 5.82 Å². The molecule has 8 nitrogen and oxygen atoms in total. The molecule has 0 amide bonds. The molecule has 10 heteroatoms. The van der Waals surface area contributed by atoms with Crippen LogP contribution in [0.15, 0.2) is 77.8 Å². The SMILES string of the molecule is Cc1ccn(-c2ccc(Nc3ccc(NS(=O)(=O)c4ccc(Cl)cc4)cc3)nn2)n1. The number of rotatable bonds is 6. The molecule has 2 aromatic heterocycles. The van der Waals surface area contributed by atoms with Gasteiger partial charge in [0, 0.05) is 22.6 Å². The van der Waals surface area contributed by atoms with Crippen molar-refractivity contribution in [1.82, 2.24) is 20.0 Å². The Bertz CT molecular complexity index is 1250. The molecule has 0 aliphatic carbocycles. The molecule has 0 fully saturated rings. The Morgan fingerprint density at radius 3 is 2.17 bits per heavy atom. The first-order valence-electron chi connectivity index (χ1n) is 8.91. The van der Waals surface area contributed by atoms with Gasteiger partial charge in [-0.25, -0.2) is 13.1 Å². The molecule has 0 spiro atoms. The highest BCUT2D eigenvalue weighted by Gasteiger charge is 2.14. The Morgan fingerprint density at radius 1 is 0.867 bits per heavy atom. The van der Waals surface area contributed by atoms with E-state index in [9.17, 15) is 8.42 Å². The summed E-state index contributed by atoms with van der Waals surface area (Å²) in [4.78, 5) is 0.136. The molecule has 0 bridgehead atoms. The maximum atomic E-state index is 12.4. The number of aryl methyl sites for hydroxylation is 1. The van der Waals surface area contributed by atoms with Gasteiger partial charge in [-0.3, -0.25) is 4.72 Å². The minimum absolute atomic E-state index is 0.136.